The van der Waals surface area contributed by atoms with Crippen molar-refractivity contribution in [2.75, 3.05) is 43.7 Å². The lowest BCUT2D eigenvalue weighted by atomic mass is 10.2. The maximum Gasteiger partial charge on any atom is 0.273 e. The standard InChI is InChI=1S/C11H18N4O4/c1-19-5-3-14(2-4-16)10-6-9(13-12)7-11(8-10)15(17)18/h6-8,13,16H,2-5,12H2,1H3. The summed E-state index contributed by atoms with van der Waals surface area (Å²) < 4.78 is 4.98. The molecule has 0 aliphatic carbocycles. The molecule has 0 saturated carbocycles. The summed E-state index contributed by atoms with van der Waals surface area (Å²) in [6.45, 7) is 1.27. The van der Waals surface area contributed by atoms with Crippen LogP contribution in [0.5, 0.6) is 0 Å². The predicted molar refractivity (Wildman–Crippen MR) is 72.1 cm³/mol. The van der Waals surface area contributed by atoms with Crippen molar-refractivity contribution >= 4 is 17.1 Å². The minimum atomic E-state index is -0.488. The molecule has 0 amide bonds. The molecule has 0 aliphatic heterocycles. The predicted octanol–water partition coefficient (Wildman–Crippen LogP) is 0.326. The molecule has 8 nitrogen and oxygen atoms in total. The maximum atomic E-state index is 10.9. The molecule has 0 saturated heterocycles. The Bertz CT molecular complexity index is 427. The number of hydrogen-bond donors (Lipinski definition) is 3. The van der Waals surface area contributed by atoms with E-state index in [1.165, 1.54) is 12.1 Å². The highest BCUT2D eigenvalue weighted by atomic mass is 16.6. The van der Waals surface area contributed by atoms with Gasteiger partial charge < -0.3 is 20.2 Å². The van der Waals surface area contributed by atoms with E-state index in [1.807, 2.05) is 0 Å². The molecule has 8 heteroatoms. The number of methoxy groups -OCH3 is 1. The van der Waals surface area contributed by atoms with Gasteiger partial charge in [-0.15, -0.1) is 0 Å². The first-order valence-corrected chi connectivity index (χ1v) is 5.73. The second-order valence-electron chi connectivity index (χ2n) is 3.84. The van der Waals surface area contributed by atoms with E-state index in [4.69, 9.17) is 15.7 Å². The summed E-state index contributed by atoms with van der Waals surface area (Å²) in [6.07, 6.45) is 0. The number of aliphatic hydroxyl groups is 1. The summed E-state index contributed by atoms with van der Waals surface area (Å²) in [5.74, 6) is 5.30. The topological polar surface area (TPSA) is 114 Å². The van der Waals surface area contributed by atoms with Crippen LogP contribution < -0.4 is 16.2 Å². The summed E-state index contributed by atoms with van der Waals surface area (Å²) in [4.78, 5) is 12.2. The lowest BCUT2D eigenvalue weighted by Gasteiger charge is -2.24. The Morgan fingerprint density at radius 3 is 2.74 bits per heavy atom. The number of anilines is 2. The molecular weight excluding hydrogens is 252 g/mol. The quantitative estimate of drug-likeness (QED) is 0.354. The number of nitrogen functional groups attached to an aromatic ring is 1. The maximum absolute atomic E-state index is 10.9. The number of nitro benzene ring substituents is 1. The number of hydrogen-bond acceptors (Lipinski definition) is 7. The average molecular weight is 270 g/mol. The highest BCUT2D eigenvalue weighted by molar-refractivity contribution is 5.64. The summed E-state index contributed by atoms with van der Waals surface area (Å²) in [5, 5.41) is 19.9. The second-order valence-corrected chi connectivity index (χ2v) is 3.84. The lowest BCUT2D eigenvalue weighted by molar-refractivity contribution is -0.384. The van der Waals surface area contributed by atoms with E-state index in [-0.39, 0.29) is 12.3 Å². The molecule has 0 aliphatic rings. The Morgan fingerprint density at radius 2 is 2.21 bits per heavy atom. The minimum Gasteiger partial charge on any atom is -0.395 e. The molecule has 0 aromatic heterocycles. The van der Waals surface area contributed by atoms with Gasteiger partial charge in [-0.1, -0.05) is 0 Å². The van der Waals surface area contributed by atoms with Gasteiger partial charge in [-0.3, -0.25) is 16.0 Å². The average Bonchev–Trinajstić information content (AvgIpc) is 2.42. The van der Waals surface area contributed by atoms with Gasteiger partial charge in [-0.25, -0.2) is 0 Å². The molecular formula is C11H18N4O4. The zero-order valence-electron chi connectivity index (χ0n) is 10.7. The Hall–Kier alpha value is -1.90. The molecule has 0 atom stereocenters. The largest absolute Gasteiger partial charge is 0.395 e. The van der Waals surface area contributed by atoms with Crippen LogP contribution >= 0.6 is 0 Å². The van der Waals surface area contributed by atoms with Gasteiger partial charge in [0.25, 0.3) is 5.69 Å². The Kier molecular flexibility index (Phi) is 6.00. The molecule has 0 bridgehead atoms. The number of hydrazine groups is 1. The van der Waals surface area contributed by atoms with Gasteiger partial charge in [-0.2, -0.15) is 0 Å². The third-order valence-corrected chi connectivity index (χ3v) is 2.58. The smallest absolute Gasteiger partial charge is 0.273 e. The van der Waals surface area contributed by atoms with Crippen LogP contribution in [0.2, 0.25) is 0 Å². The number of nitrogens with two attached hydrogens (primary N) is 1. The molecule has 0 spiro atoms. The Morgan fingerprint density at radius 1 is 1.47 bits per heavy atom. The van der Waals surface area contributed by atoms with Crippen molar-refractivity contribution in [1.29, 1.82) is 0 Å². The van der Waals surface area contributed by atoms with Crippen LogP contribution in [-0.2, 0) is 4.74 Å². The second kappa shape index (κ2) is 7.52. The minimum absolute atomic E-state index is 0.0577. The SMILES string of the molecule is COCCN(CCO)c1cc(NN)cc([N+](=O)[O-])c1. The monoisotopic (exact) mass is 270 g/mol. The first-order valence-electron chi connectivity index (χ1n) is 5.73. The van der Waals surface area contributed by atoms with Crippen molar-refractivity contribution in [3.05, 3.63) is 28.3 Å². The molecule has 1 rings (SSSR count). The van der Waals surface area contributed by atoms with E-state index in [0.29, 0.717) is 31.1 Å². The van der Waals surface area contributed by atoms with Crippen LogP contribution in [0.25, 0.3) is 0 Å². The van der Waals surface area contributed by atoms with Crippen molar-refractivity contribution in [3.63, 3.8) is 0 Å². The van der Waals surface area contributed by atoms with Gasteiger partial charge in [-0.05, 0) is 6.07 Å². The first-order chi connectivity index (χ1) is 9.12. The summed E-state index contributed by atoms with van der Waals surface area (Å²) in [7, 11) is 1.57. The van der Waals surface area contributed by atoms with Crippen LogP contribution in [0, 0.1) is 10.1 Å². The number of ether oxygens (including phenoxy) is 1. The summed E-state index contributed by atoms with van der Waals surface area (Å²) in [5.41, 5.74) is 3.37. The number of nitrogens with one attached hydrogen (secondary N) is 1. The fourth-order valence-corrected chi connectivity index (χ4v) is 1.66. The highest BCUT2D eigenvalue weighted by Crippen LogP contribution is 2.26. The number of nitro groups is 1. The van der Waals surface area contributed by atoms with E-state index in [1.54, 1.807) is 18.1 Å². The molecule has 0 fully saturated rings. The van der Waals surface area contributed by atoms with Gasteiger partial charge in [0.15, 0.2) is 0 Å². The number of benzene rings is 1. The number of nitrogens with zero attached hydrogens (tertiary/aromatic N) is 2. The number of aliphatic hydroxyl groups excluding tert-OH is 1. The highest BCUT2D eigenvalue weighted by Gasteiger charge is 2.13. The number of non-ortho nitro benzene ring substituents is 1. The van der Waals surface area contributed by atoms with Crippen molar-refractivity contribution in [1.82, 2.24) is 0 Å². The van der Waals surface area contributed by atoms with Gasteiger partial charge in [0, 0.05) is 38.0 Å². The fourth-order valence-electron chi connectivity index (χ4n) is 1.66. The Balaban J connectivity index is 3.05. The molecule has 106 valence electrons. The van der Waals surface area contributed by atoms with Gasteiger partial charge in [0.2, 0.25) is 0 Å². The third-order valence-electron chi connectivity index (χ3n) is 2.58. The number of rotatable bonds is 8. The zero-order chi connectivity index (χ0) is 14.3. The lowest BCUT2D eigenvalue weighted by Crippen LogP contribution is -2.30. The van der Waals surface area contributed by atoms with E-state index in [0.717, 1.165) is 0 Å². The normalized spacial score (nSPS) is 10.3. The molecule has 0 unspecified atom stereocenters. The van der Waals surface area contributed by atoms with Crippen LogP contribution in [0.15, 0.2) is 18.2 Å². The third kappa shape index (κ3) is 4.36. The summed E-state index contributed by atoms with van der Waals surface area (Å²) >= 11 is 0. The molecule has 1 aromatic carbocycles. The van der Waals surface area contributed by atoms with E-state index >= 15 is 0 Å². The van der Waals surface area contributed by atoms with E-state index in [9.17, 15) is 10.1 Å². The van der Waals surface area contributed by atoms with Crippen LogP contribution in [0.4, 0.5) is 17.1 Å². The molecule has 4 N–H and O–H groups in total. The molecule has 0 radical (unpaired) electrons. The van der Waals surface area contributed by atoms with Crippen molar-refractivity contribution in [2.24, 2.45) is 5.84 Å². The fraction of sp³-hybridized carbons (Fsp3) is 0.455. The van der Waals surface area contributed by atoms with Gasteiger partial charge >= 0.3 is 0 Å². The van der Waals surface area contributed by atoms with Crippen LogP contribution in [-0.4, -0.2) is 43.4 Å². The molecule has 1 aromatic rings. The van der Waals surface area contributed by atoms with E-state index < -0.39 is 4.92 Å². The van der Waals surface area contributed by atoms with Crippen molar-refractivity contribution in [3.8, 4) is 0 Å². The van der Waals surface area contributed by atoms with Gasteiger partial charge in [0.05, 0.1) is 23.8 Å². The molecule has 19 heavy (non-hydrogen) atoms. The zero-order valence-corrected chi connectivity index (χ0v) is 10.7. The van der Waals surface area contributed by atoms with Crippen LogP contribution in [0.1, 0.15) is 0 Å². The van der Waals surface area contributed by atoms with Crippen molar-refractivity contribution < 1.29 is 14.8 Å². The first kappa shape index (κ1) is 15.2. The van der Waals surface area contributed by atoms with Crippen LogP contribution in [0.3, 0.4) is 0 Å². The Labute approximate surface area is 110 Å². The molecule has 0 heterocycles. The van der Waals surface area contributed by atoms with Gasteiger partial charge in [0.1, 0.15) is 0 Å². The van der Waals surface area contributed by atoms with E-state index in [2.05, 4.69) is 5.43 Å². The summed E-state index contributed by atoms with van der Waals surface area (Å²) in [6, 6.07) is 4.46. The van der Waals surface area contributed by atoms with Crippen molar-refractivity contribution in [2.45, 2.75) is 0 Å².